The predicted molar refractivity (Wildman–Crippen MR) is 99.0 cm³/mol. The quantitative estimate of drug-likeness (QED) is 0.708. The van der Waals surface area contributed by atoms with E-state index >= 15 is 0 Å². The number of carboxylic acids is 1. The fourth-order valence-corrected chi connectivity index (χ4v) is 3.39. The summed E-state index contributed by atoms with van der Waals surface area (Å²) in [6.07, 6.45) is 2.73. The molecule has 2 amide bonds. The lowest BCUT2D eigenvalue weighted by Gasteiger charge is -2.27. The van der Waals surface area contributed by atoms with Crippen molar-refractivity contribution in [2.24, 2.45) is 5.92 Å². The van der Waals surface area contributed by atoms with Gasteiger partial charge in [0.15, 0.2) is 0 Å². The Labute approximate surface area is 149 Å². The second-order valence-corrected chi connectivity index (χ2v) is 6.65. The van der Waals surface area contributed by atoms with Crippen LogP contribution >= 0.6 is 0 Å². The molecule has 1 saturated carbocycles. The number of benzene rings is 1. The third-order valence-corrected chi connectivity index (χ3v) is 4.92. The van der Waals surface area contributed by atoms with Gasteiger partial charge in [0.2, 0.25) is 0 Å². The molecule has 0 unspecified atom stereocenters. The van der Waals surface area contributed by atoms with E-state index in [1.165, 1.54) is 11.3 Å². The molecule has 1 aliphatic carbocycles. The highest BCUT2D eigenvalue weighted by molar-refractivity contribution is 5.74. The molecular weight excluding hydrogens is 318 g/mol. The first-order chi connectivity index (χ1) is 12.0. The summed E-state index contributed by atoms with van der Waals surface area (Å²) >= 11 is 0. The predicted octanol–water partition coefficient (Wildman–Crippen LogP) is 2.76. The molecule has 138 valence electrons. The van der Waals surface area contributed by atoms with Crippen molar-refractivity contribution in [2.75, 3.05) is 24.5 Å². The maximum absolute atomic E-state index is 12.0. The van der Waals surface area contributed by atoms with Gasteiger partial charge >= 0.3 is 12.0 Å². The number of nitrogens with zero attached hydrogens (tertiary/aromatic N) is 1. The smallest absolute Gasteiger partial charge is 0.315 e. The van der Waals surface area contributed by atoms with E-state index in [2.05, 4.69) is 41.5 Å². The molecule has 25 heavy (non-hydrogen) atoms. The van der Waals surface area contributed by atoms with Crippen molar-refractivity contribution >= 4 is 17.7 Å². The van der Waals surface area contributed by atoms with Crippen molar-refractivity contribution in [3.05, 3.63) is 29.8 Å². The first kappa shape index (κ1) is 19.1. The summed E-state index contributed by atoms with van der Waals surface area (Å²) in [6.45, 7) is 6.39. The number of carbonyl (C=O) groups is 2. The molecule has 1 aliphatic rings. The van der Waals surface area contributed by atoms with E-state index < -0.39 is 5.97 Å². The Hall–Kier alpha value is -2.24. The zero-order valence-electron chi connectivity index (χ0n) is 15.1. The van der Waals surface area contributed by atoms with Crippen LogP contribution in [0.4, 0.5) is 10.5 Å². The Kier molecular flexibility index (Phi) is 7.10. The Morgan fingerprint density at radius 2 is 1.88 bits per heavy atom. The molecule has 0 heterocycles. The second-order valence-electron chi connectivity index (χ2n) is 6.65. The van der Waals surface area contributed by atoms with Crippen molar-refractivity contribution in [2.45, 2.75) is 45.6 Å². The number of hydrogen-bond acceptors (Lipinski definition) is 3. The van der Waals surface area contributed by atoms with Gasteiger partial charge in [-0.1, -0.05) is 18.2 Å². The molecule has 1 aromatic carbocycles. The lowest BCUT2D eigenvalue weighted by Crippen LogP contribution is -2.46. The van der Waals surface area contributed by atoms with Crippen LogP contribution in [0, 0.1) is 12.8 Å². The summed E-state index contributed by atoms with van der Waals surface area (Å²) in [5, 5.41) is 14.9. The Bertz CT molecular complexity index is 583. The maximum Gasteiger partial charge on any atom is 0.315 e. The first-order valence-electron chi connectivity index (χ1n) is 9.09. The summed E-state index contributed by atoms with van der Waals surface area (Å²) in [4.78, 5) is 25.2. The van der Waals surface area contributed by atoms with Gasteiger partial charge in [-0.2, -0.15) is 0 Å². The largest absolute Gasteiger partial charge is 0.481 e. The third kappa shape index (κ3) is 5.66. The number of likely N-dealkylation sites (N-methyl/N-ethyl adjacent to an activating group) is 1. The van der Waals surface area contributed by atoms with Gasteiger partial charge in [0, 0.05) is 31.4 Å². The number of para-hydroxylation sites is 1. The minimum atomic E-state index is -0.723. The van der Waals surface area contributed by atoms with Gasteiger partial charge in [-0.15, -0.1) is 0 Å². The number of hydrogen-bond donors (Lipinski definition) is 3. The second kappa shape index (κ2) is 9.30. The zero-order valence-corrected chi connectivity index (χ0v) is 15.1. The van der Waals surface area contributed by atoms with Gasteiger partial charge in [0.25, 0.3) is 0 Å². The molecule has 3 N–H and O–H groups in total. The van der Waals surface area contributed by atoms with E-state index in [4.69, 9.17) is 5.11 Å². The van der Waals surface area contributed by atoms with Crippen LogP contribution in [-0.4, -0.2) is 42.8 Å². The molecular formula is C19H29N3O3. The number of anilines is 1. The highest BCUT2D eigenvalue weighted by atomic mass is 16.4. The summed E-state index contributed by atoms with van der Waals surface area (Å²) in [5.41, 5.74) is 2.42. The van der Waals surface area contributed by atoms with Crippen molar-refractivity contribution in [1.29, 1.82) is 0 Å². The van der Waals surface area contributed by atoms with Crippen molar-refractivity contribution in [3.63, 3.8) is 0 Å². The van der Waals surface area contributed by atoms with E-state index in [0.717, 1.165) is 25.9 Å². The third-order valence-electron chi connectivity index (χ3n) is 4.92. The van der Waals surface area contributed by atoms with Gasteiger partial charge in [-0.05, 0) is 51.2 Å². The van der Waals surface area contributed by atoms with Crippen molar-refractivity contribution < 1.29 is 14.7 Å². The molecule has 0 atom stereocenters. The fourth-order valence-electron chi connectivity index (χ4n) is 3.39. The van der Waals surface area contributed by atoms with Crippen molar-refractivity contribution in [1.82, 2.24) is 10.6 Å². The lowest BCUT2D eigenvalue weighted by atomic mass is 9.86. The maximum atomic E-state index is 12.0. The number of aliphatic carboxylic acids is 1. The summed E-state index contributed by atoms with van der Waals surface area (Å²) in [6, 6.07) is 8.15. The van der Waals surface area contributed by atoms with Crippen molar-refractivity contribution in [3.8, 4) is 0 Å². The number of nitrogens with one attached hydrogen (secondary N) is 2. The Balaban J connectivity index is 1.71. The van der Waals surface area contributed by atoms with Crippen LogP contribution < -0.4 is 15.5 Å². The van der Waals surface area contributed by atoms with Gasteiger partial charge in [-0.3, -0.25) is 4.79 Å². The molecule has 2 rings (SSSR count). The van der Waals surface area contributed by atoms with E-state index in [1.807, 2.05) is 12.1 Å². The van der Waals surface area contributed by atoms with Crippen LogP contribution in [0.15, 0.2) is 24.3 Å². The monoisotopic (exact) mass is 347 g/mol. The molecule has 1 aromatic rings. The SMILES string of the molecule is CCN(CCNC(=O)NC1CCC(C(=O)O)CC1)c1ccccc1C. The molecule has 0 radical (unpaired) electrons. The number of carboxylic acid groups (broad SMARTS) is 1. The molecule has 0 aromatic heterocycles. The number of rotatable bonds is 7. The van der Waals surface area contributed by atoms with Gasteiger partial charge in [0.05, 0.1) is 5.92 Å². The molecule has 6 heteroatoms. The van der Waals surface area contributed by atoms with Crippen LogP contribution in [0.5, 0.6) is 0 Å². The summed E-state index contributed by atoms with van der Waals surface area (Å²) < 4.78 is 0. The molecule has 0 aliphatic heterocycles. The van der Waals surface area contributed by atoms with E-state index in [9.17, 15) is 9.59 Å². The standard InChI is InChI=1S/C19H29N3O3/c1-3-22(17-7-5-4-6-14(17)2)13-12-20-19(25)21-16-10-8-15(9-11-16)18(23)24/h4-7,15-16H,3,8-13H2,1-2H3,(H,23,24)(H2,20,21,25). The van der Waals surface area contributed by atoms with E-state index in [-0.39, 0.29) is 18.0 Å². The van der Waals surface area contributed by atoms with Gasteiger partial charge in [-0.25, -0.2) is 4.79 Å². The number of carbonyl (C=O) groups excluding carboxylic acids is 1. The number of urea groups is 1. The van der Waals surface area contributed by atoms with Crippen LogP contribution in [0.25, 0.3) is 0 Å². The fraction of sp³-hybridized carbons (Fsp3) is 0.579. The van der Waals surface area contributed by atoms with Crippen LogP contribution in [0.2, 0.25) is 0 Å². The van der Waals surface area contributed by atoms with Crippen LogP contribution in [0.3, 0.4) is 0 Å². The zero-order chi connectivity index (χ0) is 18.2. The first-order valence-corrected chi connectivity index (χ1v) is 9.09. The molecule has 1 fully saturated rings. The molecule has 0 bridgehead atoms. The van der Waals surface area contributed by atoms with Gasteiger partial charge < -0.3 is 20.6 Å². The average Bonchev–Trinajstić information content (AvgIpc) is 2.60. The van der Waals surface area contributed by atoms with Crippen LogP contribution in [-0.2, 0) is 4.79 Å². The number of amides is 2. The Morgan fingerprint density at radius 1 is 1.20 bits per heavy atom. The number of aryl methyl sites for hydroxylation is 1. The average molecular weight is 347 g/mol. The highest BCUT2D eigenvalue weighted by Crippen LogP contribution is 2.24. The van der Waals surface area contributed by atoms with E-state index in [1.54, 1.807) is 0 Å². The minimum Gasteiger partial charge on any atom is -0.481 e. The molecule has 0 saturated heterocycles. The minimum absolute atomic E-state index is 0.0780. The Morgan fingerprint density at radius 3 is 2.48 bits per heavy atom. The highest BCUT2D eigenvalue weighted by Gasteiger charge is 2.26. The van der Waals surface area contributed by atoms with Gasteiger partial charge in [0.1, 0.15) is 0 Å². The van der Waals surface area contributed by atoms with E-state index in [0.29, 0.717) is 19.4 Å². The summed E-state index contributed by atoms with van der Waals surface area (Å²) in [5.74, 6) is -0.980. The van der Waals surface area contributed by atoms with Crippen LogP contribution in [0.1, 0.15) is 38.2 Å². The summed E-state index contributed by atoms with van der Waals surface area (Å²) in [7, 11) is 0. The molecule has 6 nitrogen and oxygen atoms in total. The normalized spacial score (nSPS) is 19.9. The lowest BCUT2D eigenvalue weighted by molar-refractivity contribution is -0.142. The topological polar surface area (TPSA) is 81.7 Å². The molecule has 0 spiro atoms.